The van der Waals surface area contributed by atoms with E-state index in [2.05, 4.69) is 5.32 Å². The van der Waals surface area contributed by atoms with Crippen LogP contribution in [-0.4, -0.2) is 18.3 Å². The lowest BCUT2D eigenvalue weighted by atomic mass is 10.1. The van der Waals surface area contributed by atoms with Gasteiger partial charge in [0.15, 0.2) is 0 Å². The summed E-state index contributed by atoms with van der Waals surface area (Å²) in [6.07, 6.45) is 0. The zero-order chi connectivity index (χ0) is 14.8. The molecular formula is C16H16FNO3. The lowest BCUT2D eigenvalue weighted by molar-refractivity contribution is 0.332. The number of anilines is 1. The molecule has 1 aliphatic rings. The monoisotopic (exact) mass is 289 g/mol. The van der Waals surface area contributed by atoms with E-state index in [-0.39, 0.29) is 17.6 Å². The molecule has 1 atom stereocenters. The summed E-state index contributed by atoms with van der Waals surface area (Å²) in [6.45, 7) is 2.76. The van der Waals surface area contributed by atoms with Crippen LogP contribution in [0.5, 0.6) is 17.2 Å². The van der Waals surface area contributed by atoms with Crippen LogP contribution < -0.4 is 14.8 Å². The molecule has 21 heavy (non-hydrogen) atoms. The number of benzene rings is 2. The molecule has 0 fully saturated rings. The van der Waals surface area contributed by atoms with E-state index in [4.69, 9.17) is 9.47 Å². The third kappa shape index (κ3) is 2.72. The molecule has 0 saturated heterocycles. The second-order valence-corrected chi connectivity index (χ2v) is 4.80. The number of ether oxygens (including phenoxy) is 2. The number of fused-ring (bicyclic) bond motifs is 1. The van der Waals surface area contributed by atoms with Crippen molar-refractivity contribution in [3.63, 3.8) is 0 Å². The zero-order valence-corrected chi connectivity index (χ0v) is 11.6. The van der Waals surface area contributed by atoms with Gasteiger partial charge in [-0.2, -0.15) is 0 Å². The third-order valence-corrected chi connectivity index (χ3v) is 3.35. The number of rotatable bonds is 4. The van der Waals surface area contributed by atoms with Crippen LogP contribution in [0.2, 0.25) is 0 Å². The molecule has 0 aliphatic carbocycles. The summed E-state index contributed by atoms with van der Waals surface area (Å²) in [4.78, 5) is 0. The molecule has 2 aromatic rings. The van der Waals surface area contributed by atoms with Crippen LogP contribution in [0.4, 0.5) is 10.1 Å². The van der Waals surface area contributed by atoms with Crippen molar-refractivity contribution < 1.29 is 19.0 Å². The molecular weight excluding hydrogens is 273 g/mol. The van der Waals surface area contributed by atoms with Crippen molar-refractivity contribution in [2.75, 3.05) is 18.5 Å². The number of hydrogen-bond acceptors (Lipinski definition) is 4. The standard InChI is InChI=1S/C16H16FNO3/c1-2-20-16-7-10(17)3-6-13(16)18-14-9-21-15-8-11(19)4-5-12(14)15/h3-8,14,18-19H,2,9H2,1H3. The van der Waals surface area contributed by atoms with Crippen LogP contribution in [0.3, 0.4) is 0 Å². The number of nitrogens with one attached hydrogen (secondary N) is 1. The quantitative estimate of drug-likeness (QED) is 0.905. The van der Waals surface area contributed by atoms with E-state index in [1.54, 1.807) is 18.2 Å². The van der Waals surface area contributed by atoms with Gasteiger partial charge in [-0.1, -0.05) is 0 Å². The maximum absolute atomic E-state index is 13.3. The highest BCUT2D eigenvalue weighted by Gasteiger charge is 2.25. The minimum absolute atomic E-state index is 0.0646. The van der Waals surface area contributed by atoms with Gasteiger partial charge in [0.1, 0.15) is 29.7 Å². The Morgan fingerprint density at radius 3 is 3.00 bits per heavy atom. The second kappa shape index (κ2) is 5.52. The number of phenols is 1. The summed E-state index contributed by atoms with van der Waals surface area (Å²) in [7, 11) is 0. The minimum Gasteiger partial charge on any atom is -0.508 e. The molecule has 110 valence electrons. The predicted molar refractivity (Wildman–Crippen MR) is 77.5 cm³/mol. The van der Waals surface area contributed by atoms with Gasteiger partial charge >= 0.3 is 0 Å². The summed E-state index contributed by atoms with van der Waals surface area (Å²) in [5.41, 5.74) is 1.67. The molecule has 0 radical (unpaired) electrons. The van der Waals surface area contributed by atoms with Crippen molar-refractivity contribution in [3.05, 3.63) is 47.8 Å². The first kappa shape index (κ1) is 13.5. The van der Waals surface area contributed by atoms with Crippen LogP contribution in [0.15, 0.2) is 36.4 Å². The molecule has 1 unspecified atom stereocenters. The van der Waals surface area contributed by atoms with Crippen molar-refractivity contribution in [2.24, 2.45) is 0 Å². The van der Waals surface area contributed by atoms with E-state index in [9.17, 15) is 9.50 Å². The molecule has 0 aromatic heterocycles. The Balaban J connectivity index is 1.86. The van der Waals surface area contributed by atoms with Crippen LogP contribution >= 0.6 is 0 Å². The first-order valence-electron chi connectivity index (χ1n) is 6.82. The Labute approximate surface area is 122 Å². The van der Waals surface area contributed by atoms with E-state index in [1.165, 1.54) is 12.1 Å². The van der Waals surface area contributed by atoms with Gasteiger partial charge in [0.25, 0.3) is 0 Å². The van der Waals surface area contributed by atoms with Crippen LogP contribution in [0, 0.1) is 5.82 Å². The third-order valence-electron chi connectivity index (χ3n) is 3.35. The van der Waals surface area contributed by atoms with E-state index in [1.807, 2.05) is 13.0 Å². The lowest BCUT2D eigenvalue weighted by Gasteiger charge is -2.17. The fraction of sp³-hybridized carbons (Fsp3) is 0.250. The SMILES string of the molecule is CCOc1cc(F)ccc1NC1COc2cc(O)ccc21. The van der Waals surface area contributed by atoms with E-state index >= 15 is 0 Å². The number of halogens is 1. The van der Waals surface area contributed by atoms with Gasteiger partial charge < -0.3 is 19.9 Å². The average molecular weight is 289 g/mol. The summed E-state index contributed by atoms with van der Waals surface area (Å²) in [6, 6.07) is 9.36. The molecule has 0 saturated carbocycles. The fourth-order valence-corrected chi connectivity index (χ4v) is 2.40. The number of phenolic OH excluding ortho intramolecular Hbond substituents is 1. The highest BCUT2D eigenvalue weighted by atomic mass is 19.1. The Morgan fingerprint density at radius 2 is 2.19 bits per heavy atom. The van der Waals surface area contributed by atoms with E-state index < -0.39 is 0 Å². The van der Waals surface area contributed by atoms with Gasteiger partial charge in [0.2, 0.25) is 0 Å². The first-order chi connectivity index (χ1) is 10.2. The van der Waals surface area contributed by atoms with Crippen molar-refractivity contribution in [3.8, 4) is 17.2 Å². The van der Waals surface area contributed by atoms with Gasteiger partial charge in [-0.25, -0.2) is 4.39 Å². The minimum atomic E-state index is -0.336. The largest absolute Gasteiger partial charge is 0.508 e. The Morgan fingerprint density at radius 1 is 1.33 bits per heavy atom. The normalized spacial score (nSPS) is 16.2. The maximum Gasteiger partial charge on any atom is 0.145 e. The maximum atomic E-state index is 13.3. The Kier molecular flexibility index (Phi) is 3.56. The van der Waals surface area contributed by atoms with E-state index in [0.717, 1.165) is 5.56 Å². The average Bonchev–Trinajstić information content (AvgIpc) is 2.84. The topological polar surface area (TPSA) is 50.7 Å². The fourth-order valence-electron chi connectivity index (χ4n) is 2.40. The molecule has 3 rings (SSSR count). The molecule has 2 aromatic carbocycles. The predicted octanol–water partition coefficient (Wildman–Crippen LogP) is 3.48. The molecule has 1 heterocycles. The molecule has 2 N–H and O–H groups in total. The Hall–Kier alpha value is -2.43. The highest BCUT2D eigenvalue weighted by Crippen LogP contribution is 2.38. The van der Waals surface area contributed by atoms with Crippen molar-refractivity contribution in [2.45, 2.75) is 13.0 Å². The summed E-state index contributed by atoms with van der Waals surface area (Å²) in [5.74, 6) is 0.973. The first-order valence-corrected chi connectivity index (χ1v) is 6.82. The van der Waals surface area contributed by atoms with Crippen LogP contribution in [-0.2, 0) is 0 Å². The van der Waals surface area contributed by atoms with Gasteiger partial charge in [0.05, 0.1) is 18.3 Å². The Bertz CT molecular complexity index is 660. The highest BCUT2D eigenvalue weighted by molar-refractivity contribution is 5.59. The van der Waals surface area contributed by atoms with Gasteiger partial charge in [-0.05, 0) is 31.2 Å². The van der Waals surface area contributed by atoms with Gasteiger partial charge in [-0.15, -0.1) is 0 Å². The van der Waals surface area contributed by atoms with Crippen molar-refractivity contribution >= 4 is 5.69 Å². The molecule has 1 aliphatic heterocycles. The zero-order valence-electron chi connectivity index (χ0n) is 11.6. The van der Waals surface area contributed by atoms with Crippen molar-refractivity contribution in [1.82, 2.24) is 0 Å². The van der Waals surface area contributed by atoms with E-state index in [0.29, 0.717) is 30.4 Å². The molecule has 0 amide bonds. The molecule has 4 nitrogen and oxygen atoms in total. The lowest BCUT2D eigenvalue weighted by Crippen LogP contribution is -2.13. The van der Waals surface area contributed by atoms with Gasteiger partial charge in [-0.3, -0.25) is 0 Å². The van der Waals surface area contributed by atoms with Crippen LogP contribution in [0.25, 0.3) is 0 Å². The molecule has 5 heteroatoms. The summed E-state index contributed by atoms with van der Waals surface area (Å²) < 4.78 is 24.3. The molecule has 0 spiro atoms. The van der Waals surface area contributed by atoms with Gasteiger partial charge in [0, 0.05) is 17.7 Å². The molecule has 0 bridgehead atoms. The van der Waals surface area contributed by atoms with Crippen molar-refractivity contribution in [1.29, 1.82) is 0 Å². The smallest absolute Gasteiger partial charge is 0.145 e. The van der Waals surface area contributed by atoms with Crippen LogP contribution in [0.1, 0.15) is 18.5 Å². The number of aromatic hydroxyl groups is 1. The number of hydrogen-bond donors (Lipinski definition) is 2. The summed E-state index contributed by atoms with van der Waals surface area (Å²) >= 11 is 0. The summed E-state index contributed by atoms with van der Waals surface area (Å²) in [5, 5.41) is 12.8. The second-order valence-electron chi connectivity index (χ2n) is 4.80.